The first-order valence-electron chi connectivity index (χ1n) is 9.63. The van der Waals surface area contributed by atoms with Gasteiger partial charge in [-0.05, 0) is 62.4 Å². The zero-order valence-electron chi connectivity index (χ0n) is 16.6. The van der Waals surface area contributed by atoms with Crippen LogP contribution in [0.3, 0.4) is 0 Å². The van der Waals surface area contributed by atoms with Gasteiger partial charge in [-0.25, -0.2) is 0 Å². The Kier molecular flexibility index (Phi) is 6.63. The van der Waals surface area contributed by atoms with E-state index in [0.29, 0.717) is 35.7 Å². The molecule has 0 heterocycles. The molecule has 2 amide bonds. The molecule has 0 saturated heterocycles. The Morgan fingerprint density at radius 1 is 0.862 bits per heavy atom. The van der Waals surface area contributed by atoms with Gasteiger partial charge in [0.1, 0.15) is 5.75 Å². The maximum atomic E-state index is 13.0. The van der Waals surface area contributed by atoms with Crippen molar-refractivity contribution in [3.63, 3.8) is 0 Å². The SMILES string of the molecule is CCOc1cccc(C(=O)Nc2cccc(C(=O)N(CC)c3ccccc3)c2)c1. The van der Waals surface area contributed by atoms with E-state index in [4.69, 9.17) is 4.74 Å². The molecule has 0 aromatic heterocycles. The zero-order valence-corrected chi connectivity index (χ0v) is 16.6. The summed E-state index contributed by atoms with van der Waals surface area (Å²) in [4.78, 5) is 27.3. The van der Waals surface area contributed by atoms with Crippen molar-refractivity contribution in [2.45, 2.75) is 13.8 Å². The van der Waals surface area contributed by atoms with E-state index < -0.39 is 0 Å². The molecule has 0 aliphatic carbocycles. The third kappa shape index (κ3) is 5.02. The molecule has 0 bridgehead atoms. The summed E-state index contributed by atoms with van der Waals surface area (Å²) in [5.74, 6) is 0.269. The van der Waals surface area contributed by atoms with Crippen LogP contribution in [0.25, 0.3) is 0 Å². The van der Waals surface area contributed by atoms with Gasteiger partial charge in [0.2, 0.25) is 0 Å². The lowest BCUT2D eigenvalue weighted by atomic mass is 10.1. The zero-order chi connectivity index (χ0) is 20.6. The molecule has 5 heteroatoms. The topological polar surface area (TPSA) is 58.6 Å². The van der Waals surface area contributed by atoms with Crippen molar-refractivity contribution in [3.05, 3.63) is 90.0 Å². The van der Waals surface area contributed by atoms with Crippen molar-refractivity contribution in [2.24, 2.45) is 0 Å². The van der Waals surface area contributed by atoms with Crippen LogP contribution in [0, 0.1) is 0 Å². The minimum absolute atomic E-state index is 0.117. The molecule has 3 aromatic rings. The summed E-state index contributed by atoms with van der Waals surface area (Å²) in [7, 11) is 0. The van der Waals surface area contributed by atoms with E-state index in [0.717, 1.165) is 5.69 Å². The average molecular weight is 388 g/mol. The second-order valence-corrected chi connectivity index (χ2v) is 6.38. The Bertz CT molecular complexity index is 986. The number of hydrogen-bond acceptors (Lipinski definition) is 3. The number of nitrogens with zero attached hydrogens (tertiary/aromatic N) is 1. The summed E-state index contributed by atoms with van der Waals surface area (Å²) in [6.07, 6.45) is 0. The van der Waals surface area contributed by atoms with Crippen LogP contribution in [0.1, 0.15) is 34.6 Å². The fraction of sp³-hybridized carbons (Fsp3) is 0.167. The first kappa shape index (κ1) is 20.1. The fourth-order valence-electron chi connectivity index (χ4n) is 3.03. The van der Waals surface area contributed by atoms with E-state index in [-0.39, 0.29) is 11.8 Å². The molecule has 29 heavy (non-hydrogen) atoms. The number of para-hydroxylation sites is 1. The van der Waals surface area contributed by atoms with Crippen molar-refractivity contribution in [1.29, 1.82) is 0 Å². The minimum Gasteiger partial charge on any atom is -0.494 e. The Balaban J connectivity index is 1.78. The number of ether oxygens (including phenoxy) is 1. The molecule has 0 spiro atoms. The Hall–Kier alpha value is -3.60. The summed E-state index contributed by atoms with van der Waals surface area (Å²) >= 11 is 0. The molecule has 0 aliphatic rings. The van der Waals surface area contributed by atoms with Crippen molar-refractivity contribution in [1.82, 2.24) is 0 Å². The summed E-state index contributed by atoms with van der Waals surface area (Å²) in [6.45, 7) is 4.90. The summed E-state index contributed by atoms with van der Waals surface area (Å²) in [6, 6.07) is 23.5. The van der Waals surface area contributed by atoms with Gasteiger partial charge in [-0.2, -0.15) is 0 Å². The molecule has 3 rings (SSSR count). The molecule has 0 aliphatic heterocycles. The van der Waals surface area contributed by atoms with Crippen LogP contribution in [0.2, 0.25) is 0 Å². The van der Waals surface area contributed by atoms with Crippen LogP contribution in [0.4, 0.5) is 11.4 Å². The van der Waals surface area contributed by atoms with Crippen LogP contribution < -0.4 is 15.0 Å². The maximum Gasteiger partial charge on any atom is 0.258 e. The predicted octanol–water partition coefficient (Wildman–Crippen LogP) is 5.00. The number of carbonyl (C=O) groups excluding carboxylic acids is 2. The van der Waals surface area contributed by atoms with E-state index in [1.54, 1.807) is 47.4 Å². The Morgan fingerprint density at radius 2 is 1.59 bits per heavy atom. The maximum absolute atomic E-state index is 13.0. The van der Waals surface area contributed by atoms with Gasteiger partial charge < -0.3 is 15.0 Å². The van der Waals surface area contributed by atoms with Crippen molar-refractivity contribution in [3.8, 4) is 5.75 Å². The number of nitrogens with one attached hydrogen (secondary N) is 1. The van der Waals surface area contributed by atoms with E-state index in [1.165, 1.54) is 0 Å². The molecular formula is C24H24N2O3. The number of anilines is 2. The van der Waals surface area contributed by atoms with Gasteiger partial charge in [-0.3, -0.25) is 9.59 Å². The van der Waals surface area contributed by atoms with E-state index in [1.807, 2.05) is 50.2 Å². The van der Waals surface area contributed by atoms with Crippen molar-refractivity contribution >= 4 is 23.2 Å². The quantitative estimate of drug-likeness (QED) is 0.619. The van der Waals surface area contributed by atoms with Gasteiger partial charge in [0, 0.05) is 29.0 Å². The normalized spacial score (nSPS) is 10.3. The highest BCUT2D eigenvalue weighted by Crippen LogP contribution is 2.20. The Labute approximate surface area is 170 Å². The molecule has 0 radical (unpaired) electrons. The number of amides is 2. The van der Waals surface area contributed by atoms with Crippen LogP contribution in [-0.2, 0) is 0 Å². The van der Waals surface area contributed by atoms with E-state index in [2.05, 4.69) is 5.32 Å². The lowest BCUT2D eigenvalue weighted by Crippen LogP contribution is -2.30. The molecule has 5 nitrogen and oxygen atoms in total. The lowest BCUT2D eigenvalue weighted by Gasteiger charge is -2.21. The van der Waals surface area contributed by atoms with Crippen LogP contribution >= 0.6 is 0 Å². The largest absolute Gasteiger partial charge is 0.494 e. The van der Waals surface area contributed by atoms with E-state index in [9.17, 15) is 9.59 Å². The Morgan fingerprint density at radius 3 is 2.31 bits per heavy atom. The molecule has 0 atom stereocenters. The van der Waals surface area contributed by atoms with Crippen LogP contribution in [0.5, 0.6) is 5.75 Å². The smallest absolute Gasteiger partial charge is 0.258 e. The third-order valence-corrected chi connectivity index (χ3v) is 4.40. The van der Waals surface area contributed by atoms with Crippen molar-refractivity contribution in [2.75, 3.05) is 23.4 Å². The number of rotatable bonds is 7. The first-order valence-corrected chi connectivity index (χ1v) is 9.63. The van der Waals surface area contributed by atoms with Crippen LogP contribution in [-0.4, -0.2) is 25.0 Å². The highest BCUT2D eigenvalue weighted by atomic mass is 16.5. The summed E-state index contributed by atoms with van der Waals surface area (Å²) in [5, 5.41) is 2.85. The van der Waals surface area contributed by atoms with E-state index >= 15 is 0 Å². The highest BCUT2D eigenvalue weighted by Gasteiger charge is 2.17. The van der Waals surface area contributed by atoms with Gasteiger partial charge in [0.05, 0.1) is 6.61 Å². The second kappa shape index (κ2) is 9.55. The molecule has 0 fully saturated rings. The second-order valence-electron chi connectivity index (χ2n) is 6.38. The van der Waals surface area contributed by atoms with Gasteiger partial charge in [0.15, 0.2) is 0 Å². The van der Waals surface area contributed by atoms with Gasteiger partial charge in [-0.15, -0.1) is 0 Å². The first-order chi connectivity index (χ1) is 14.1. The summed E-state index contributed by atoms with van der Waals surface area (Å²) < 4.78 is 5.45. The molecule has 3 aromatic carbocycles. The number of carbonyl (C=O) groups is 2. The van der Waals surface area contributed by atoms with Gasteiger partial charge in [0.25, 0.3) is 11.8 Å². The van der Waals surface area contributed by atoms with Gasteiger partial charge >= 0.3 is 0 Å². The fourth-order valence-corrected chi connectivity index (χ4v) is 3.03. The number of benzene rings is 3. The van der Waals surface area contributed by atoms with Gasteiger partial charge in [-0.1, -0.05) is 30.3 Å². The third-order valence-electron chi connectivity index (χ3n) is 4.40. The average Bonchev–Trinajstić information content (AvgIpc) is 2.75. The molecule has 0 unspecified atom stereocenters. The minimum atomic E-state index is -0.258. The predicted molar refractivity (Wildman–Crippen MR) is 116 cm³/mol. The summed E-state index contributed by atoms with van der Waals surface area (Å²) in [5.41, 5.74) is 2.40. The molecule has 0 saturated carbocycles. The molecule has 148 valence electrons. The standard InChI is InChI=1S/C24H24N2O3/c1-3-26(21-13-6-5-7-14-21)24(28)19-11-8-12-20(16-19)25-23(27)18-10-9-15-22(17-18)29-4-2/h5-17H,3-4H2,1-2H3,(H,25,27). The number of hydrogen-bond donors (Lipinski definition) is 1. The lowest BCUT2D eigenvalue weighted by molar-refractivity contribution is 0.0985. The molecular weight excluding hydrogens is 364 g/mol. The van der Waals surface area contributed by atoms with Crippen LogP contribution in [0.15, 0.2) is 78.9 Å². The molecule has 1 N–H and O–H groups in total. The monoisotopic (exact) mass is 388 g/mol. The highest BCUT2D eigenvalue weighted by molar-refractivity contribution is 6.08. The van der Waals surface area contributed by atoms with Crippen molar-refractivity contribution < 1.29 is 14.3 Å².